The van der Waals surface area contributed by atoms with Gasteiger partial charge >= 0.3 is 0 Å². The van der Waals surface area contributed by atoms with Gasteiger partial charge in [0.05, 0.1) is 79.7 Å². The topological polar surface area (TPSA) is 76.0 Å². The Balaban J connectivity index is 1.92. The van der Waals surface area contributed by atoms with Gasteiger partial charge in [-0.2, -0.15) is 0 Å². The lowest BCUT2D eigenvalue weighted by Crippen LogP contribution is -2.36. The fraction of sp³-hybridized carbons (Fsp3) is 0.444. The van der Waals surface area contributed by atoms with E-state index in [1.165, 1.54) is 12.1 Å². The Labute approximate surface area is 202 Å². The van der Waals surface area contributed by atoms with E-state index in [1.807, 2.05) is 0 Å². The highest BCUT2D eigenvalue weighted by molar-refractivity contribution is 6.22. The van der Waals surface area contributed by atoms with Gasteiger partial charge in [-0.3, -0.25) is 4.79 Å². The summed E-state index contributed by atoms with van der Waals surface area (Å²) in [4.78, 5) is 13.6. The first kappa shape index (κ1) is 25.6. The van der Waals surface area contributed by atoms with E-state index in [2.05, 4.69) is 48.9 Å². The first-order valence-corrected chi connectivity index (χ1v) is 11.6. The third kappa shape index (κ3) is 5.72. The van der Waals surface area contributed by atoms with Crippen LogP contribution in [-0.2, 0) is 0 Å². The lowest BCUT2D eigenvalue weighted by Gasteiger charge is -2.27. The highest BCUT2D eigenvalue weighted by Crippen LogP contribution is 2.48. The van der Waals surface area contributed by atoms with Crippen LogP contribution in [-0.4, -0.2) is 93.6 Å². The predicted molar refractivity (Wildman–Crippen MR) is 134 cm³/mol. The first-order chi connectivity index (χ1) is 15.8. The third-order valence-corrected chi connectivity index (χ3v) is 5.81. The van der Waals surface area contributed by atoms with Crippen LogP contribution in [0.5, 0.6) is 23.0 Å². The molecule has 0 heterocycles. The fourth-order valence-corrected chi connectivity index (χ4v) is 4.14. The number of aromatic hydroxyl groups is 2. The second-order valence-electron chi connectivity index (χ2n) is 10.9. The number of nitrogens with zero attached hydrogens (tertiary/aromatic N) is 2. The number of hydrogen-bond donors (Lipinski definition) is 2. The SMILES string of the molecule is C=C1c2c(O)ccc(OCCC[N+](C)(C)C)c2C(=O)c2c(O)ccc(OCCC[N+](C)(C)C)c21. The molecular weight excluding hydrogens is 432 g/mol. The van der Waals surface area contributed by atoms with E-state index in [4.69, 9.17) is 9.47 Å². The normalized spacial score (nSPS) is 13.5. The minimum absolute atomic E-state index is 0.0583. The molecule has 3 rings (SSSR count). The smallest absolute Gasteiger partial charge is 0.202 e. The highest BCUT2D eigenvalue weighted by atomic mass is 16.5. The van der Waals surface area contributed by atoms with E-state index in [9.17, 15) is 15.0 Å². The number of ketones is 1. The van der Waals surface area contributed by atoms with Gasteiger partial charge in [0, 0.05) is 24.0 Å². The standard InChI is InChI=1S/C27H36N2O5/c1-18-23-19(30)10-13-22(34-17-9-15-29(5,6)7)26(23)27(32)25-20(31)11-12-21(24(18)25)33-16-8-14-28(2,3)4/h10-13H,1,8-9,14-17H2,2-7H3/p+2. The van der Waals surface area contributed by atoms with Crippen molar-refractivity contribution in [2.75, 3.05) is 68.6 Å². The highest BCUT2D eigenvalue weighted by Gasteiger charge is 2.35. The number of phenolic OH excluding ortho intramolecular Hbond substituents is 2. The molecular formula is C27H38N2O5+2. The van der Waals surface area contributed by atoms with Gasteiger partial charge in [0.15, 0.2) is 0 Å². The van der Waals surface area contributed by atoms with Crippen molar-refractivity contribution in [1.29, 1.82) is 0 Å². The predicted octanol–water partition coefficient (Wildman–Crippen LogP) is 3.65. The van der Waals surface area contributed by atoms with Crippen LogP contribution in [0.15, 0.2) is 30.8 Å². The Bertz CT molecular complexity index is 1010. The summed E-state index contributed by atoms with van der Waals surface area (Å²) >= 11 is 0. The van der Waals surface area contributed by atoms with Crippen molar-refractivity contribution >= 4 is 11.4 Å². The minimum atomic E-state index is -0.413. The van der Waals surface area contributed by atoms with E-state index in [0.717, 1.165) is 34.9 Å². The molecule has 34 heavy (non-hydrogen) atoms. The van der Waals surface area contributed by atoms with Crippen LogP contribution in [0.4, 0.5) is 0 Å². The lowest BCUT2D eigenvalue weighted by atomic mass is 9.80. The zero-order valence-corrected chi connectivity index (χ0v) is 21.3. The van der Waals surface area contributed by atoms with Gasteiger partial charge in [0.25, 0.3) is 0 Å². The summed E-state index contributed by atoms with van der Waals surface area (Å²) < 4.78 is 13.6. The molecule has 0 amide bonds. The minimum Gasteiger partial charge on any atom is -0.507 e. The van der Waals surface area contributed by atoms with Crippen LogP contribution in [0.1, 0.15) is 39.9 Å². The first-order valence-electron chi connectivity index (χ1n) is 11.6. The van der Waals surface area contributed by atoms with Crippen LogP contribution >= 0.6 is 0 Å². The number of ether oxygens (including phenoxy) is 2. The Morgan fingerprint density at radius 2 is 1.15 bits per heavy atom. The molecule has 1 aliphatic rings. The second kappa shape index (κ2) is 9.68. The zero-order valence-electron chi connectivity index (χ0n) is 21.3. The fourth-order valence-electron chi connectivity index (χ4n) is 4.14. The molecule has 1 aliphatic carbocycles. The van der Waals surface area contributed by atoms with E-state index in [-0.39, 0.29) is 22.6 Å². The molecule has 0 atom stereocenters. The molecule has 0 fully saturated rings. The zero-order chi connectivity index (χ0) is 25.3. The van der Waals surface area contributed by atoms with E-state index in [1.54, 1.807) is 12.1 Å². The number of hydrogen-bond acceptors (Lipinski definition) is 5. The summed E-state index contributed by atoms with van der Waals surface area (Å²) in [5.74, 6) is 0.220. The molecule has 184 valence electrons. The van der Waals surface area contributed by atoms with Gasteiger partial charge in [-0.25, -0.2) is 0 Å². The van der Waals surface area contributed by atoms with E-state index >= 15 is 0 Å². The summed E-state index contributed by atoms with van der Waals surface area (Å²) in [6.45, 7) is 6.90. The summed E-state index contributed by atoms with van der Waals surface area (Å²) in [5, 5.41) is 21.3. The number of fused-ring (bicyclic) bond motifs is 2. The third-order valence-electron chi connectivity index (χ3n) is 5.81. The molecule has 0 radical (unpaired) electrons. The number of phenols is 2. The summed E-state index contributed by atoms with van der Waals surface area (Å²) in [6.07, 6.45) is 1.63. The van der Waals surface area contributed by atoms with Crippen molar-refractivity contribution in [3.8, 4) is 23.0 Å². The maximum atomic E-state index is 13.6. The summed E-state index contributed by atoms with van der Waals surface area (Å²) in [5.41, 5.74) is 1.52. The van der Waals surface area contributed by atoms with Crippen molar-refractivity contribution in [3.63, 3.8) is 0 Å². The molecule has 0 spiro atoms. The number of carbonyl (C=O) groups excluding carboxylic acids is 1. The maximum absolute atomic E-state index is 13.6. The van der Waals surface area contributed by atoms with Gasteiger partial charge in [0.1, 0.15) is 23.0 Å². The number of rotatable bonds is 10. The molecule has 0 bridgehead atoms. The molecule has 7 nitrogen and oxygen atoms in total. The van der Waals surface area contributed by atoms with E-state index < -0.39 is 5.78 Å². The van der Waals surface area contributed by atoms with Crippen molar-refractivity contribution in [1.82, 2.24) is 0 Å². The van der Waals surface area contributed by atoms with Gasteiger partial charge in [-0.05, 0) is 29.8 Å². The number of carbonyl (C=O) groups is 1. The number of benzene rings is 2. The van der Waals surface area contributed by atoms with Crippen LogP contribution in [0.3, 0.4) is 0 Å². The van der Waals surface area contributed by atoms with Crippen molar-refractivity contribution in [2.24, 2.45) is 0 Å². The van der Waals surface area contributed by atoms with E-state index in [0.29, 0.717) is 41.4 Å². The summed E-state index contributed by atoms with van der Waals surface area (Å²) in [6, 6.07) is 6.22. The maximum Gasteiger partial charge on any atom is 0.202 e. The van der Waals surface area contributed by atoms with Crippen LogP contribution in [0, 0.1) is 0 Å². The second-order valence-corrected chi connectivity index (χ2v) is 10.9. The van der Waals surface area contributed by atoms with Crippen molar-refractivity contribution < 1.29 is 33.4 Å². The average Bonchev–Trinajstić information content (AvgIpc) is 2.72. The molecule has 0 unspecified atom stereocenters. The Hall–Kier alpha value is -3.03. The molecule has 0 aromatic heterocycles. The molecule has 2 aromatic carbocycles. The van der Waals surface area contributed by atoms with Crippen LogP contribution < -0.4 is 9.47 Å². The van der Waals surface area contributed by atoms with Crippen LogP contribution in [0.25, 0.3) is 5.57 Å². The van der Waals surface area contributed by atoms with Crippen molar-refractivity contribution in [2.45, 2.75) is 12.8 Å². The molecule has 0 saturated carbocycles. The van der Waals surface area contributed by atoms with Crippen molar-refractivity contribution in [3.05, 3.63) is 53.1 Å². The van der Waals surface area contributed by atoms with Gasteiger partial charge in [0.2, 0.25) is 5.78 Å². The molecule has 0 saturated heterocycles. The van der Waals surface area contributed by atoms with Crippen LogP contribution in [0.2, 0.25) is 0 Å². The Morgan fingerprint density at radius 3 is 1.62 bits per heavy atom. The van der Waals surface area contributed by atoms with Gasteiger partial charge in [-0.15, -0.1) is 0 Å². The Morgan fingerprint density at radius 1 is 0.706 bits per heavy atom. The largest absolute Gasteiger partial charge is 0.507 e. The number of quaternary nitrogens is 2. The summed E-state index contributed by atoms with van der Waals surface area (Å²) in [7, 11) is 12.7. The monoisotopic (exact) mass is 470 g/mol. The lowest BCUT2D eigenvalue weighted by molar-refractivity contribution is -0.870. The van der Waals surface area contributed by atoms with Gasteiger partial charge < -0.3 is 28.7 Å². The Kier molecular flexibility index (Phi) is 7.29. The molecule has 7 heteroatoms. The molecule has 0 aliphatic heterocycles. The molecule has 2 N–H and O–H groups in total. The van der Waals surface area contributed by atoms with Gasteiger partial charge in [-0.1, -0.05) is 6.58 Å². The quantitative estimate of drug-likeness (QED) is 0.349. The average molecular weight is 471 g/mol. The molecule has 2 aromatic rings.